The molecule has 0 radical (unpaired) electrons. The number of rotatable bonds is 4. The monoisotopic (exact) mass is 280 g/mol. The van der Waals surface area contributed by atoms with Gasteiger partial charge in [-0.1, -0.05) is 13.8 Å². The molecular weight excluding hydrogens is 256 g/mol. The molecule has 1 aromatic heterocycles. The maximum absolute atomic E-state index is 5.75. The molecular formula is C14H24N4O2. The van der Waals surface area contributed by atoms with Crippen molar-refractivity contribution >= 4 is 5.82 Å². The number of ether oxygens (including phenoxy) is 2. The van der Waals surface area contributed by atoms with E-state index in [0.29, 0.717) is 30.8 Å². The molecule has 0 saturated carbocycles. The van der Waals surface area contributed by atoms with Crippen LogP contribution in [0.4, 0.5) is 5.82 Å². The fourth-order valence-electron chi connectivity index (χ4n) is 2.81. The predicted octanol–water partition coefficient (Wildman–Crippen LogP) is 1.85. The van der Waals surface area contributed by atoms with Crippen molar-refractivity contribution in [1.29, 1.82) is 0 Å². The first-order chi connectivity index (χ1) is 9.54. The van der Waals surface area contributed by atoms with Crippen molar-refractivity contribution < 1.29 is 9.47 Å². The lowest BCUT2D eigenvalue weighted by Gasteiger charge is -2.35. The smallest absolute Gasteiger partial charge is 0.163 e. The SMILES string of the molecule is COC1(c2nc(C)c(C(C)C)c(NN)n2)CCOCC1. The highest BCUT2D eigenvalue weighted by molar-refractivity contribution is 5.47. The lowest BCUT2D eigenvalue weighted by atomic mass is 9.92. The van der Waals surface area contributed by atoms with Gasteiger partial charge in [0.15, 0.2) is 5.82 Å². The molecule has 0 atom stereocenters. The molecule has 0 aliphatic carbocycles. The Morgan fingerprint density at radius 3 is 2.45 bits per heavy atom. The van der Waals surface area contributed by atoms with Crippen LogP contribution in [0, 0.1) is 6.92 Å². The fraction of sp³-hybridized carbons (Fsp3) is 0.714. The molecule has 0 amide bonds. The number of nitrogen functional groups attached to an aromatic ring is 1. The fourth-order valence-corrected chi connectivity index (χ4v) is 2.81. The zero-order valence-electron chi connectivity index (χ0n) is 12.7. The number of hydrogen-bond acceptors (Lipinski definition) is 6. The molecule has 20 heavy (non-hydrogen) atoms. The van der Waals surface area contributed by atoms with E-state index in [1.807, 2.05) is 6.92 Å². The minimum Gasteiger partial charge on any atom is -0.381 e. The van der Waals surface area contributed by atoms with Crippen LogP contribution in [0.5, 0.6) is 0 Å². The molecule has 0 spiro atoms. The molecule has 112 valence electrons. The third kappa shape index (κ3) is 2.63. The Kier molecular flexibility index (Phi) is 4.57. The number of aromatic nitrogens is 2. The Labute approximate surface area is 120 Å². The normalized spacial score (nSPS) is 18.3. The topological polar surface area (TPSA) is 82.3 Å². The highest BCUT2D eigenvalue weighted by Crippen LogP contribution is 2.35. The Hall–Kier alpha value is -1.24. The van der Waals surface area contributed by atoms with E-state index in [1.165, 1.54) is 0 Å². The summed E-state index contributed by atoms with van der Waals surface area (Å²) >= 11 is 0. The van der Waals surface area contributed by atoms with E-state index in [-0.39, 0.29) is 0 Å². The van der Waals surface area contributed by atoms with Crippen molar-refractivity contribution in [3.05, 3.63) is 17.1 Å². The summed E-state index contributed by atoms with van der Waals surface area (Å²) in [5.74, 6) is 7.32. The summed E-state index contributed by atoms with van der Waals surface area (Å²) in [5, 5.41) is 0. The standard InChI is InChI=1S/C14H24N4O2/c1-9(2)11-10(3)16-13(17-12(11)18-15)14(19-4)5-7-20-8-6-14/h9H,5-8,15H2,1-4H3,(H,16,17,18). The number of nitrogens with zero attached hydrogens (tertiary/aromatic N) is 2. The summed E-state index contributed by atoms with van der Waals surface area (Å²) in [7, 11) is 1.70. The molecule has 1 saturated heterocycles. The minimum atomic E-state index is -0.468. The number of hydrazine groups is 1. The molecule has 3 N–H and O–H groups in total. The Bertz CT molecular complexity index is 470. The maximum Gasteiger partial charge on any atom is 0.163 e. The average Bonchev–Trinajstić information content (AvgIpc) is 2.46. The molecule has 1 aromatic rings. The first-order valence-electron chi connectivity index (χ1n) is 7.02. The van der Waals surface area contributed by atoms with Crippen LogP contribution in [0.25, 0.3) is 0 Å². The molecule has 2 heterocycles. The van der Waals surface area contributed by atoms with Gasteiger partial charge in [0.25, 0.3) is 0 Å². The van der Waals surface area contributed by atoms with Crippen LogP contribution in [0.3, 0.4) is 0 Å². The zero-order valence-corrected chi connectivity index (χ0v) is 12.7. The lowest BCUT2D eigenvalue weighted by molar-refractivity contribution is -0.1000. The maximum atomic E-state index is 5.75. The van der Waals surface area contributed by atoms with Crippen LogP contribution in [-0.4, -0.2) is 30.3 Å². The molecule has 0 bridgehead atoms. The van der Waals surface area contributed by atoms with Crippen molar-refractivity contribution in [3.63, 3.8) is 0 Å². The highest BCUT2D eigenvalue weighted by Gasteiger charge is 2.38. The molecule has 1 fully saturated rings. The van der Waals surface area contributed by atoms with E-state index in [9.17, 15) is 0 Å². The molecule has 1 aliphatic heterocycles. The van der Waals surface area contributed by atoms with Gasteiger partial charge in [-0.3, -0.25) is 0 Å². The van der Waals surface area contributed by atoms with Gasteiger partial charge in [-0.2, -0.15) is 0 Å². The van der Waals surface area contributed by atoms with E-state index in [0.717, 1.165) is 24.1 Å². The molecule has 6 heteroatoms. The van der Waals surface area contributed by atoms with Gasteiger partial charge in [0.2, 0.25) is 0 Å². The molecule has 0 unspecified atom stereocenters. The van der Waals surface area contributed by atoms with Crippen LogP contribution in [0.2, 0.25) is 0 Å². The first-order valence-corrected chi connectivity index (χ1v) is 7.02. The van der Waals surface area contributed by atoms with Gasteiger partial charge in [-0.25, -0.2) is 15.8 Å². The Balaban J connectivity index is 2.49. The second kappa shape index (κ2) is 6.03. The van der Waals surface area contributed by atoms with Gasteiger partial charge in [0.1, 0.15) is 11.4 Å². The third-order valence-electron chi connectivity index (χ3n) is 3.95. The second-order valence-corrected chi connectivity index (χ2v) is 5.50. The van der Waals surface area contributed by atoms with Crippen molar-refractivity contribution in [2.45, 2.75) is 45.1 Å². The van der Waals surface area contributed by atoms with Crippen molar-refractivity contribution in [1.82, 2.24) is 9.97 Å². The van der Waals surface area contributed by atoms with Gasteiger partial charge in [-0.05, 0) is 12.8 Å². The van der Waals surface area contributed by atoms with Crippen LogP contribution in [0.1, 0.15) is 49.7 Å². The highest BCUT2D eigenvalue weighted by atomic mass is 16.5. The third-order valence-corrected chi connectivity index (χ3v) is 3.95. The van der Waals surface area contributed by atoms with Crippen LogP contribution < -0.4 is 11.3 Å². The number of aryl methyl sites for hydroxylation is 1. The summed E-state index contributed by atoms with van der Waals surface area (Å²) in [6, 6.07) is 0. The van der Waals surface area contributed by atoms with Gasteiger partial charge >= 0.3 is 0 Å². The second-order valence-electron chi connectivity index (χ2n) is 5.50. The van der Waals surface area contributed by atoms with E-state index in [4.69, 9.17) is 15.3 Å². The van der Waals surface area contributed by atoms with Crippen LogP contribution >= 0.6 is 0 Å². The van der Waals surface area contributed by atoms with Crippen LogP contribution in [0.15, 0.2) is 0 Å². The summed E-state index contributed by atoms with van der Waals surface area (Å²) < 4.78 is 11.2. The number of hydrogen-bond donors (Lipinski definition) is 2. The van der Waals surface area contributed by atoms with Gasteiger partial charge < -0.3 is 14.9 Å². The number of nitrogens with two attached hydrogens (primary N) is 1. The average molecular weight is 280 g/mol. The quantitative estimate of drug-likeness (QED) is 0.647. The van der Waals surface area contributed by atoms with Crippen molar-refractivity contribution in [2.24, 2.45) is 5.84 Å². The molecule has 6 nitrogen and oxygen atoms in total. The van der Waals surface area contributed by atoms with Crippen LogP contribution in [-0.2, 0) is 15.1 Å². The molecule has 0 aromatic carbocycles. The van der Waals surface area contributed by atoms with Gasteiger partial charge in [0, 0.05) is 44.4 Å². The number of methoxy groups -OCH3 is 1. The predicted molar refractivity (Wildman–Crippen MR) is 77.4 cm³/mol. The summed E-state index contributed by atoms with van der Waals surface area (Å²) in [6.45, 7) is 7.52. The Morgan fingerprint density at radius 1 is 1.30 bits per heavy atom. The Morgan fingerprint density at radius 2 is 1.95 bits per heavy atom. The van der Waals surface area contributed by atoms with E-state index in [1.54, 1.807) is 7.11 Å². The van der Waals surface area contributed by atoms with E-state index < -0.39 is 5.60 Å². The van der Waals surface area contributed by atoms with Gasteiger partial charge in [-0.15, -0.1) is 0 Å². The lowest BCUT2D eigenvalue weighted by Crippen LogP contribution is -2.38. The minimum absolute atomic E-state index is 0.309. The van der Waals surface area contributed by atoms with E-state index in [2.05, 4.69) is 29.2 Å². The van der Waals surface area contributed by atoms with Crippen molar-refractivity contribution in [2.75, 3.05) is 25.7 Å². The summed E-state index contributed by atoms with van der Waals surface area (Å²) in [4.78, 5) is 9.29. The molecule has 2 rings (SSSR count). The largest absolute Gasteiger partial charge is 0.381 e. The summed E-state index contributed by atoms with van der Waals surface area (Å²) in [6.07, 6.45) is 1.52. The zero-order chi connectivity index (χ0) is 14.8. The van der Waals surface area contributed by atoms with Gasteiger partial charge in [0.05, 0.1) is 0 Å². The van der Waals surface area contributed by atoms with Crippen molar-refractivity contribution in [3.8, 4) is 0 Å². The number of nitrogens with one attached hydrogen (secondary N) is 1. The van der Waals surface area contributed by atoms with E-state index >= 15 is 0 Å². The summed E-state index contributed by atoms with van der Waals surface area (Å²) in [5.41, 5.74) is 4.23. The molecule has 1 aliphatic rings. The number of anilines is 1. The first kappa shape index (κ1) is 15.2.